The Labute approximate surface area is 334 Å². The van der Waals surface area contributed by atoms with Crippen LogP contribution in [0.1, 0.15) is 95.2 Å². The molecule has 0 bridgehead atoms. The summed E-state index contributed by atoms with van der Waals surface area (Å²) in [5.74, 6) is -0.227. The van der Waals surface area contributed by atoms with Gasteiger partial charge in [-0.2, -0.15) is 0 Å². The van der Waals surface area contributed by atoms with Gasteiger partial charge in [0.15, 0.2) is 0 Å². The molecule has 0 radical (unpaired) electrons. The first-order valence-corrected chi connectivity index (χ1v) is 22.0. The van der Waals surface area contributed by atoms with E-state index in [1.165, 1.54) is 6.42 Å². The number of aliphatic hydroxyl groups excluding tert-OH is 1. The highest BCUT2D eigenvalue weighted by atomic mass is 32.2. The van der Waals surface area contributed by atoms with Crippen LogP contribution in [0.2, 0.25) is 0 Å². The second-order valence-corrected chi connectivity index (χ2v) is 18.2. The van der Waals surface area contributed by atoms with Crippen molar-refractivity contribution in [1.29, 1.82) is 0 Å². The molecule has 4 amide bonds. The molecule has 2 unspecified atom stereocenters. The minimum atomic E-state index is -1.04. The Kier molecular flexibility index (Phi) is 16.2. The second kappa shape index (κ2) is 21.0. The average molecular weight is 791 g/mol. The molecular weight excluding hydrogens is 733 g/mol. The Morgan fingerprint density at radius 3 is 2.27 bits per heavy atom. The lowest BCUT2D eigenvalue weighted by atomic mass is 9.81. The quantitative estimate of drug-likeness (QED) is 0.106. The van der Waals surface area contributed by atoms with Gasteiger partial charge in [0.2, 0.25) is 17.7 Å². The molecule has 2 fully saturated rings. The van der Waals surface area contributed by atoms with Crippen LogP contribution >= 0.6 is 23.5 Å². The second-order valence-electron chi connectivity index (χ2n) is 15.4. The average Bonchev–Trinajstić information content (AvgIpc) is 3.74. The summed E-state index contributed by atoms with van der Waals surface area (Å²) in [7, 11) is 0. The molecule has 5 N–H and O–H groups in total. The number of nitrogens with one attached hydrogen (secondary N) is 4. The number of rotatable bonds is 18. The van der Waals surface area contributed by atoms with Crippen LogP contribution in [0.25, 0.3) is 10.9 Å². The van der Waals surface area contributed by atoms with Gasteiger partial charge in [0.25, 0.3) is 5.91 Å². The number of carbonyl (C=O) groups excluding carboxylic acids is 4. The van der Waals surface area contributed by atoms with E-state index in [1.807, 2.05) is 76.2 Å². The summed E-state index contributed by atoms with van der Waals surface area (Å²) in [4.78, 5) is 64.2. The maximum Gasteiger partial charge on any atom is 0.270 e. The minimum Gasteiger partial charge on any atom is -0.391 e. The number of thioether (sulfide) groups is 2. The van der Waals surface area contributed by atoms with E-state index >= 15 is 0 Å². The molecule has 1 saturated carbocycles. The zero-order valence-corrected chi connectivity index (χ0v) is 34.2. The molecule has 1 saturated heterocycles. The molecular formula is C42H58N6O5S2. The van der Waals surface area contributed by atoms with Crippen molar-refractivity contribution in [3.05, 3.63) is 72.2 Å². The smallest absolute Gasteiger partial charge is 0.270 e. The van der Waals surface area contributed by atoms with Crippen LogP contribution in [0, 0.1) is 23.7 Å². The van der Waals surface area contributed by atoms with Crippen molar-refractivity contribution in [2.75, 3.05) is 11.5 Å². The number of amides is 4. The van der Waals surface area contributed by atoms with Gasteiger partial charge in [-0.1, -0.05) is 96.6 Å². The molecule has 298 valence electrons. The van der Waals surface area contributed by atoms with Crippen LogP contribution < -0.4 is 21.3 Å². The Morgan fingerprint density at radius 1 is 0.855 bits per heavy atom. The van der Waals surface area contributed by atoms with Crippen LogP contribution in [-0.4, -0.2) is 79.0 Å². The van der Waals surface area contributed by atoms with Crippen LogP contribution in [0.5, 0.6) is 0 Å². The Balaban J connectivity index is 1.31. The fourth-order valence-electron chi connectivity index (χ4n) is 7.46. The SMILES string of the molecule is CC[C@@H](C)[C@H](NC(=O)C(C[C@H](O)[C@H](CC1CCCCC1)NC(=O)C(NC(=O)c1ccc2ccccc2n1)C1SCCS1)C(C)C)C(=O)NCc1ccccn1. The molecule has 3 heterocycles. The first-order chi connectivity index (χ1) is 26.5. The minimum absolute atomic E-state index is 0.106. The van der Waals surface area contributed by atoms with Crippen molar-refractivity contribution < 1.29 is 24.3 Å². The highest BCUT2D eigenvalue weighted by molar-refractivity contribution is 8.20. The number of benzene rings is 1. The third-order valence-corrected chi connectivity index (χ3v) is 14.2. The molecule has 6 atom stereocenters. The summed E-state index contributed by atoms with van der Waals surface area (Å²) in [6, 6.07) is 14.3. The van der Waals surface area contributed by atoms with E-state index in [-0.39, 0.29) is 52.8 Å². The normalized spacial score (nSPS) is 18.5. The number of hydrogen-bond donors (Lipinski definition) is 5. The lowest BCUT2D eigenvalue weighted by molar-refractivity contribution is -0.134. The molecule has 11 nitrogen and oxygen atoms in total. The molecule has 55 heavy (non-hydrogen) atoms. The van der Waals surface area contributed by atoms with Crippen molar-refractivity contribution in [2.24, 2.45) is 23.7 Å². The summed E-state index contributed by atoms with van der Waals surface area (Å²) >= 11 is 3.28. The molecule has 1 aliphatic heterocycles. The van der Waals surface area contributed by atoms with Gasteiger partial charge in [0, 0.05) is 29.0 Å². The standard InChI is InChI=1S/C42H58N6O5S2/c1-5-27(4)36(40(52)44-25-30-16-11-12-20-43-30)47-38(50)31(26(2)3)24-35(49)34(23-28-13-7-6-8-14-28)46-41(53)37(42-54-21-22-55-42)48-39(51)33-19-18-29-15-9-10-17-32(29)45-33/h9-12,15-20,26-28,31,34-37,42,49H,5-8,13-14,21-25H2,1-4H3,(H,44,52)(H,46,53)(H,47,50)(H,48,51)/t27-,31?,34+,35+,36+,37?/m1/s1. The number of para-hydroxylation sites is 1. The highest BCUT2D eigenvalue weighted by Gasteiger charge is 2.38. The van der Waals surface area contributed by atoms with Gasteiger partial charge in [-0.05, 0) is 54.9 Å². The third-order valence-electron chi connectivity index (χ3n) is 11.0. The van der Waals surface area contributed by atoms with Gasteiger partial charge >= 0.3 is 0 Å². The third kappa shape index (κ3) is 12.2. The molecule has 13 heteroatoms. The number of carbonyl (C=O) groups is 4. The van der Waals surface area contributed by atoms with Crippen LogP contribution in [0.15, 0.2) is 60.8 Å². The predicted octanol–water partition coefficient (Wildman–Crippen LogP) is 5.86. The topological polar surface area (TPSA) is 162 Å². The number of hydrogen-bond acceptors (Lipinski definition) is 9. The maximum atomic E-state index is 14.3. The van der Waals surface area contributed by atoms with Crippen LogP contribution in [0.4, 0.5) is 0 Å². The molecule has 2 aromatic heterocycles. The lowest BCUT2D eigenvalue weighted by Gasteiger charge is -2.34. The Bertz CT molecular complexity index is 1720. The number of aromatic nitrogens is 2. The Hall–Kier alpha value is -3.68. The zero-order chi connectivity index (χ0) is 39.3. The zero-order valence-electron chi connectivity index (χ0n) is 32.5. The molecule has 3 aromatic rings. The molecule has 1 aromatic carbocycles. The number of fused-ring (bicyclic) bond motifs is 1. The van der Waals surface area contributed by atoms with E-state index in [9.17, 15) is 24.3 Å². The first kappa shape index (κ1) is 42.5. The summed E-state index contributed by atoms with van der Waals surface area (Å²) in [5.41, 5.74) is 1.65. The summed E-state index contributed by atoms with van der Waals surface area (Å²) < 4.78 is -0.202. The van der Waals surface area contributed by atoms with Gasteiger partial charge in [-0.15, -0.1) is 23.5 Å². The molecule has 5 rings (SSSR count). The fourth-order valence-corrected chi connectivity index (χ4v) is 10.4. The van der Waals surface area contributed by atoms with Crippen LogP contribution in [0.3, 0.4) is 0 Å². The van der Waals surface area contributed by atoms with E-state index < -0.39 is 36.1 Å². The van der Waals surface area contributed by atoms with Crippen molar-refractivity contribution in [3.63, 3.8) is 0 Å². The monoisotopic (exact) mass is 790 g/mol. The fraction of sp³-hybridized carbons (Fsp3) is 0.571. The largest absolute Gasteiger partial charge is 0.391 e. The highest BCUT2D eigenvalue weighted by Crippen LogP contribution is 2.35. The van der Waals surface area contributed by atoms with Gasteiger partial charge in [0.05, 0.1) is 34.5 Å². The van der Waals surface area contributed by atoms with Gasteiger partial charge < -0.3 is 26.4 Å². The Morgan fingerprint density at radius 2 is 1.58 bits per heavy atom. The van der Waals surface area contributed by atoms with E-state index in [1.54, 1.807) is 35.8 Å². The molecule has 2 aliphatic rings. The van der Waals surface area contributed by atoms with Gasteiger partial charge in [-0.3, -0.25) is 24.2 Å². The van der Waals surface area contributed by atoms with E-state index in [0.29, 0.717) is 24.3 Å². The van der Waals surface area contributed by atoms with Gasteiger partial charge in [-0.25, -0.2) is 4.98 Å². The molecule has 1 aliphatic carbocycles. The van der Waals surface area contributed by atoms with Crippen molar-refractivity contribution in [1.82, 2.24) is 31.2 Å². The maximum absolute atomic E-state index is 14.3. The summed E-state index contributed by atoms with van der Waals surface area (Å²) in [5, 5.41) is 25.0. The van der Waals surface area contributed by atoms with E-state index in [4.69, 9.17) is 0 Å². The van der Waals surface area contributed by atoms with Crippen molar-refractivity contribution >= 4 is 58.1 Å². The van der Waals surface area contributed by atoms with Crippen molar-refractivity contribution in [2.45, 2.75) is 114 Å². The van der Waals surface area contributed by atoms with Crippen molar-refractivity contribution in [3.8, 4) is 0 Å². The number of nitrogens with zero attached hydrogens (tertiary/aromatic N) is 2. The molecule has 0 spiro atoms. The van der Waals surface area contributed by atoms with Crippen LogP contribution in [-0.2, 0) is 20.9 Å². The summed E-state index contributed by atoms with van der Waals surface area (Å²) in [6.45, 7) is 8.04. The predicted molar refractivity (Wildman–Crippen MR) is 221 cm³/mol. The number of pyridine rings is 2. The van der Waals surface area contributed by atoms with E-state index in [0.717, 1.165) is 48.3 Å². The number of aliphatic hydroxyl groups is 1. The van der Waals surface area contributed by atoms with E-state index in [2.05, 4.69) is 31.2 Å². The van der Waals surface area contributed by atoms with Gasteiger partial charge in [0.1, 0.15) is 17.8 Å². The first-order valence-electron chi connectivity index (χ1n) is 19.9. The summed E-state index contributed by atoms with van der Waals surface area (Å²) in [6.07, 6.45) is 7.40. The lowest BCUT2D eigenvalue weighted by Crippen LogP contribution is -2.56.